The van der Waals surface area contributed by atoms with Crippen LogP contribution in [0.15, 0.2) is 174 Å². The van der Waals surface area contributed by atoms with Gasteiger partial charge in [-0.15, -0.1) is 11.3 Å². The summed E-state index contributed by atoms with van der Waals surface area (Å²) in [5.74, 6) is 0. The van der Waals surface area contributed by atoms with E-state index in [-0.39, 0.29) is 0 Å². The van der Waals surface area contributed by atoms with Crippen molar-refractivity contribution < 1.29 is 4.42 Å². The fourth-order valence-electron chi connectivity index (χ4n) is 8.83. The first-order valence-corrected chi connectivity index (χ1v) is 18.9. The van der Waals surface area contributed by atoms with Crippen LogP contribution in [0.25, 0.3) is 97.1 Å². The van der Waals surface area contributed by atoms with Crippen molar-refractivity contribution in [3.05, 3.63) is 181 Å². The number of aromatic nitrogens is 2. The number of rotatable bonds is 4. The lowest BCUT2D eigenvalue weighted by molar-refractivity contribution is 0.669. The van der Waals surface area contributed by atoms with Crippen molar-refractivity contribution in [1.82, 2.24) is 9.13 Å². The third kappa shape index (κ3) is 4.21. The average molecular weight is 695 g/mol. The third-order valence-corrected chi connectivity index (χ3v) is 12.3. The van der Waals surface area contributed by atoms with Crippen LogP contribution >= 0.6 is 11.3 Å². The molecule has 0 spiro atoms. The van der Waals surface area contributed by atoms with Gasteiger partial charge in [-0.2, -0.15) is 0 Å². The second kappa shape index (κ2) is 10.9. The van der Waals surface area contributed by atoms with Gasteiger partial charge in [-0.05, 0) is 90.3 Å². The second-order valence-corrected chi connectivity index (χ2v) is 15.2. The summed E-state index contributed by atoms with van der Waals surface area (Å²) in [5, 5.41) is 9.99. The number of fused-ring (bicyclic) bond motifs is 12. The Hall–Kier alpha value is -6.62. The molecular weight excluding hydrogens is 665 g/mol. The molecule has 0 unspecified atom stereocenters. The van der Waals surface area contributed by atoms with E-state index in [1.54, 1.807) is 0 Å². The molecule has 53 heavy (non-hydrogen) atoms. The predicted molar refractivity (Wildman–Crippen MR) is 225 cm³/mol. The highest BCUT2D eigenvalue weighted by atomic mass is 32.1. The lowest BCUT2D eigenvalue weighted by atomic mass is 10.00. The fraction of sp³-hybridized carbons (Fsp3) is 0.0204. The van der Waals surface area contributed by atoms with Crippen molar-refractivity contribution in [2.24, 2.45) is 0 Å². The van der Waals surface area contributed by atoms with Crippen LogP contribution < -0.4 is 0 Å². The smallest absolute Gasteiger partial charge is 0.135 e. The normalized spacial score (nSPS) is 12.2. The van der Waals surface area contributed by atoms with Crippen LogP contribution in [0.2, 0.25) is 0 Å². The molecular formula is C49H30N2OS. The van der Waals surface area contributed by atoms with E-state index in [1.807, 2.05) is 23.5 Å². The van der Waals surface area contributed by atoms with E-state index in [1.165, 1.54) is 80.6 Å². The summed E-state index contributed by atoms with van der Waals surface area (Å²) in [4.78, 5) is 0. The van der Waals surface area contributed by atoms with E-state index in [0.29, 0.717) is 0 Å². The van der Waals surface area contributed by atoms with Crippen LogP contribution in [0.1, 0.15) is 11.1 Å². The molecule has 4 heterocycles. The molecule has 0 aliphatic heterocycles. The van der Waals surface area contributed by atoms with E-state index in [2.05, 4.69) is 167 Å². The Morgan fingerprint density at radius 1 is 0.396 bits per heavy atom. The first-order chi connectivity index (χ1) is 26.3. The molecule has 4 heteroatoms. The number of hydrogen-bond acceptors (Lipinski definition) is 2. The Balaban J connectivity index is 1.04. The maximum Gasteiger partial charge on any atom is 0.135 e. The Morgan fingerprint density at radius 3 is 1.91 bits per heavy atom. The van der Waals surface area contributed by atoms with Crippen LogP contribution in [-0.4, -0.2) is 9.13 Å². The number of para-hydroxylation sites is 4. The van der Waals surface area contributed by atoms with Gasteiger partial charge in [0, 0.05) is 63.9 Å². The zero-order valence-corrected chi connectivity index (χ0v) is 29.4. The summed E-state index contributed by atoms with van der Waals surface area (Å²) in [6.07, 6.45) is 0.819. The number of hydrogen-bond donors (Lipinski definition) is 0. The number of benzene rings is 8. The summed E-state index contributed by atoms with van der Waals surface area (Å²) in [6, 6.07) is 62.1. The van der Waals surface area contributed by atoms with E-state index in [9.17, 15) is 0 Å². The average Bonchev–Trinajstić information content (AvgIpc) is 3.95. The summed E-state index contributed by atoms with van der Waals surface area (Å²) < 4.78 is 13.7. The fourth-order valence-corrected chi connectivity index (χ4v) is 9.92. The molecule has 0 atom stereocenters. The first-order valence-electron chi connectivity index (χ1n) is 18.1. The van der Waals surface area contributed by atoms with Gasteiger partial charge in [0.05, 0.1) is 22.1 Å². The molecule has 0 saturated heterocycles. The van der Waals surface area contributed by atoms with Crippen molar-refractivity contribution in [2.45, 2.75) is 6.42 Å². The van der Waals surface area contributed by atoms with E-state index >= 15 is 0 Å². The van der Waals surface area contributed by atoms with Gasteiger partial charge >= 0.3 is 0 Å². The minimum absolute atomic E-state index is 0.819. The molecule has 8 aromatic carbocycles. The standard InChI is InChI=1S/C49H30N2OS/c1-6-17-43-34(11-1)38-15-9-10-31(49(38)51(43)33-22-25-48-41(29-33)37-14-4-8-19-47(37)53-48)26-30-20-23-44-39(27-30)35-12-2-5-16-42(35)50(44)32-21-24-46-40(28-32)36-13-3-7-18-45(36)52-46/h1-25,27-29H,26H2. The maximum atomic E-state index is 6.18. The number of thiophene rings is 1. The van der Waals surface area contributed by atoms with Crippen LogP contribution in [0, 0.1) is 0 Å². The molecule has 12 aromatic rings. The van der Waals surface area contributed by atoms with Crippen molar-refractivity contribution in [3.63, 3.8) is 0 Å². The molecule has 0 amide bonds. The highest BCUT2D eigenvalue weighted by molar-refractivity contribution is 7.25. The molecule has 0 aliphatic rings. The predicted octanol–water partition coefficient (Wildman–Crippen LogP) is 13.7. The van der Waals surface area contributed by atoms with Crippen LogP contribution in [0.5, 0.6) is 0 Å². The topological polar surface area (TPSA) is 23.0 Å². The van der Waals surface area contributed by atoms with Crippen molar-refractivity contribution in [2.75, 3.05) is 0 Å². The largest absolute Gasteiger partial charge is 0.456 e. The molecule has 0 aliphatic carbocycles. The Bertz CT molecular complexity index is 3440. The molecule has 0 fully saturated rings. The SMILES string of the molecule is c1ccc2c(c1)oc1ccc(-n3c4ccccc4c4cc(Cc5cccc6c7ccccc7n(-c7ccc8sc9ccccc9c8c7)c56)ccc43)cc12. The monoisotopic (exact) mass is 694 g/mol. The molecule has 4 aromatic heterocycles. The molecule has 0 saturated carbocycles. The number of furan rings is 1. The maximum absolute atomic E-state index is 6.18. The Morgan fingerprint density at radius 2 is 1.02 bits per heavy atom. The highest BCUT2D eigenvalue weighted by Gasteiger charge is 2.19. The lowest BCUT2D eigenvalue weighted by Crippen LogP contribution is -1.98. The van der Waals surface area contributed by atoms with Gasteiger partial charge in [-0.25, -0.2) is 0 Å². The quantitative estimate of drug-likeness (QED) is 0.180. The summed E-state index contributed by atoms with van der Waals surface area (Å²) in [5.41, 5.74) is 11.7. The van der Waals surface area contributed by atoms with Crippen LogP contribution in [0.4, 0.5) is 0 Å². The molecule has 0 bridgehead atoms. The third-order valence-electron chi connectivity index (χ3n) is 11.1. The van der Waals surface area contributed by atoms with Gasteiger partial charge in [0.25, 0.3) is 0 Å². The zero-order chi connectivity index (χ0) is 34.6. The molecule has 248 valence electrons. The van der Waals surface area contributed by atoms with E-state index in [0.717, 1.165) is 34.0 Å². The van der Waals surface area contributed by atoms with Gasteiger partial charge < -0.3 is 13.6 Å². The highest BCUT2D eigenvalue weighted by Crippen LogP contribution is 2.40. The van der Waals surface area contributed by atoms with E-state index < -0.39 is 0 Å². The number of nitrogens with zero attached hydrogens (tertiary/aromatic N) is 2. The van der Waals surface area contributed by atoms with Crippen molar-refractivity contribution in [3.8, 4) is 11.4 Å². The van der Waals surface area contributed by atoms with Crippen LogP contribution in [0.3, 0.4) is 0 Å². The van der Waals surface area contributed by atoms with Gasteiger partial charge in [0.2, 0.25) is 0 Å². The van der Waals surface area contributed by atoms with Gasteiger partial charge in [0.15, 0.2) is 0 Å². The minimum Gasteiger partial charge on any atom is -0.456 e. The Labute approximate surface area is 308 Å². The van der Waals surface area contributed by atoms with Crippen molar-refractivity contribution >= 4 is 97.1 Å². The van der Waals surface area contributed by atoms with Crippen LogP contribution in [-0.2, 0) is 6.42 Å². The molecule has 3 nitrogen and oxygen atoms in total. The van der Waals surface area contributed by atoms with E-state index in [4.69, 9.17) is 4.42 Å². The molecule has 0 radical (unpaired) electrons. The summed E-state index contributed by atoms with van der Waals surface area (Å²) in [6.45, 7) is 0. The van der Waals surface area contributed by atoms with Gasteiger partial charge in [0.1, 0.15) is 11.2 Å². The lowest BCUT2D eigenvalue weighted by Gasteiger charge is -2.12. The van der Waals surface area contributed by atoms with Gasteiger partial charge in [-0.1, -0.05) is 97.1 Å². The molecule has 12 rings (SSSR count). The summed E-state index contributed by atoms with van der Waals surface area (Å²) in [7, 11) is 0. The Kier molecular flexibility index (Phi) is 5.99. The summed E-state index contributed by atoms with van der Waals surface area (Å²) >= 11 is 1.87. The second-order valence-electron chi connectivity index (χ2n) is 14.1. The minimum atomic E-state index is 0.819. The zero-order valence-electron chi connectivity index (χ0n) is 28.6. The van der Waals surface area contributed by atoms with Gasteiger partial charge in [-0.3, -0.25) is 0 Å². The van der Waals surface area contributed by atoms with Crippen molar-refractivity contribution in [1.29, 1.82) is 0 Å². The molecule has 0 N–H and O–H groups in total. The first kappa shape index (κ1) is 29.0.